The van der Waals surface area contributed by atoms with Crippen LogP contribution < -0.4 is 10.0 Å². The number of hydrogen-bond donors (Lipinski definition) is 2. The molecular weight excluding hydrogens is 280 g/mol. The maximum absolute atomic E-state index is 12.2. The molecule has 0 aliphatic carbocycles. The Bertz CT molecular complexity index is 638. The standard InChI is InChI=1S/C12H16N4O3S/c1-3-13-12-14-7-10(8-15-12)20(17,18)16-9(2)11-5-4-6-19-11/h4-9,16H,3H2,1-2H3,(H,13,14,15). The molecule has 2 aromatic rings. The molecule has 0 aliphatic rings. The first-order chi connectivity index (χ1) is 9.53. The van der Waals surface area contributed by atoms with Crippen LogP contribution in [-0.2, 0) is 10.0 Å². The fraction of sp³-hybridized carbons (Fsp3) is 0.333. The molecule has 7 nitrogen and oxygen atoms in total. The summed E-state index contributed by atoms with van der Waals surface area (Å²) in [6.45, 7) is 4.27. The van der Waals surface area contributed by atoms with Crippen molar-refractivity contribution in [3.8, 4) is 0 Å². The van der Waals surface area contributed by atoms with Gasteiger partial charge in [-0.3, -0.25) is 0 Å². The maximum Gasteiger partial charge on any atom is 0.244 e. The minimum absolute atomic E-state index is 0.0116. The van der Waals surface area contributed by atoms with Crippen LogP contribution in [-0.4, -0.2) is 24.9 Å². The van der Waals surface area contributed by atoms with E-state index in [1.54, 1.807) is 19.1 Å². The molecule has 0 saturated heterocycles. The number of rotatable bonds is 6. The van der Waals surface area contributed by atoms with Gasteiger partial charge >= 0.3 is 0 Å². The van der Waals surface area contributed by atoms with Crippen molar-refractivity contribution >= 4 is 16.0 Å². The fourth-order valence-corrected chi connectivity index (χ4v) is 2.70. The second-order valence-corrected chi connectivity index (χ2v) is 5.85. The van der Waals surface area contributed by atoms with Crippen LogP contribution in [0.1, 0.15) is 25.6 Å². The molecule has 0 amide bonds. The van der Waals surface area contributed by atoms with Crippen molar-refractivity contribution in [2.45, 2.75) is 24.8 Å². The first-order valence-electron chi connectivity index (χ1n) is 6.14. The number of nitrogens with zero attached hydrogens (tertiary/aromatic N) is 2. The highest BCUT2D eigenvalue weighted by molar-refractivity contribution is 7.89. The summed E-state index contributed by atoms with van der Waals surface area (Å²) >= 11 is 0. The molecule has 0 radical (unpaired) electrons. The van der Waals surface area contributed by atoms with E-state index in [4.69, 9.17) is 4.42 Å². The molecule has 2 aromatic heterocycles. The maximum atomic E-state index is 12.2. The predicted molar refractivity (Wildman–Crippen MR) is 73.6 cm³/mol. The minimum atomic E-state index is -3.68. The van der Waals surface area contributed by atoms with Gasteiger partial charge in [-0.1, -0.05) is 0 Å². The lowest BCUT2D eigenvalue weighted by Crippen LogP contribution is -2.27. The van der Waals surface area contributed by atoms with Crippen LogP contribution in [0.2, 0.25) is 0 Å². The van der Waals surface area contributed by atoms with Gasteiger partial charge in [-0.2, -0.15) is 0 Å². The van der Waals surface area contributed by atoms with Gasteiger partial charge in [-0.15, -0.1) is 0 Å². The first kappa shape index (κ1) is 14.5. The Morgan fingerprint density at radius 3 is 2.60 bits per heavy atom. The zero-order valence-electron chi connectivity index (χ0n) is 11.2. The molecule has 0 aliphatic heterocycles. The predicted octanol–water partition coefficient (Wildman–Crippen LogP) is 1.54. The lowest BCUT2D eigenvalue weighted by molar-refractivity contribution is 0.459. The van der Waals surface area contributed by atoms with E-state index in [9.17, 15) is 8.42 Å². The minimum Gasteiger partial charge on any atom is -0.468 e. The normalized spacial score (nSPS) is 13.1. The van der Waals surface area contributed by atoms with Gasteiger partial charge in [0, 0.05) is 6.54 Å². The number of nitrogens with one attached hydrogen (secondary N) is 2. The lowest BCUT2D eigenvalue weighted by atomic mass is 10.3. The summed E-state index contributed by atoms with van der Waals surface area (Å²) in [5.74, 6) is 0.935. The van der Waals surface area contributed by atoms with Gasteiger partial charge in [0.25, 0.3) is 0 Å². The third-order valence-electron chi connectivity index (χ3n) is 2.58. The summed E-state index contributed by atoms with van der Waals surface area (Å²) in [6, 6.07) is 2.94. The average Bonchev–Trinajstić information content (AvgIpc) is 2.93. The van der Waals surface area contributed by atoms with E-state index >= 15 is 0 Å². The molecule has 0 saturated carbocycles. The van der Waals surface area contributed by atoms with E-state index in [1.807, 2.05) is 6.92 Å². The number of furan rings is 1. The van der Waals surface area contributed by atoms with Gasteiger partial charge in [0.15, 0.2) is 0 Å². The van der Waals surface area contributed by atoms with Crippen molar-refractivity contribution in [3.05, 3.63) is 36.5 Å². The van der Waals surface area contributed by atoms with Crippen LogP contribution in [0, 0.1) is 0 Å². The Hall–Kier alpha value is -1.93. The van der Waals surface area contributed by atoms with E-state index in [1.165, 1.54) is 18.7 Å². The van der Waals surface area contributed by atoms with Gasteiger partial charge in [0.05, 0.1) is 24.7 Å². The molecule has 0 bridgehead atoms. The van der Waals surface area contributed by atoms with Gasteiger partial charge in [-0.25, -0.2) is 23.1 Å². The summed E-state index contributed by atoms with van der Waals surface area (Å²) in [7, 11) is -3.68. The lowest BCUT2D eigenvalue weighted by Gasteiger charge is -2.11. The summed E-state index contributed by atoms with van der Waals surface area (Å²) in [5.41, 5.74) is 0. The Labute approximate surface area is 117 Å². The third kappa shape index (κ3) is 3.34. The number of anilines is 1. The van der Waals surface area contributed by atoms with E-state index in [0.717, 1.165) is 0 Å². The molecule has 1 atom stereocenters. The first-order valence-corrected chi connectivity index (χ1v) is 7.63. The molecule has 2 rings (SSSR count). The van der Waals surface area contributed by atoms with Crippen LogP contribution in [0.5, 0.6) is 0 Å². The van der Waals surface area contributed by atoms with Crippen LogP contribution in [0.4, 0.5) is 5.95 Å². The molecule has 0 aromatic carbocycles. The molecule has 8 heteroatoms. The van der Waals surface area contributed by atoms with Crippen molar-refractivity contribution < 1.29 is 12.8 Å². The smallest absolute Gasteiger partial charge is 0.244 e. The summed E-state index contributed by atoms with van der Waals surface area (Å²) in [4.78, 5) is 7.89. The highest BCUT2D eigenvalue weighted by Gasteiger charge is 2.20. The number of sulfonamides is 1. The number of aromatic nitrogens is 2. The van der Waals surface area contributed by atoms with E-state index < -0.39 is 16.1 Å². The number of hydrogen-bond acceptors (Lipinski definition) is 6. The summed E-state index contributed by atoms with van der Waals surface area (Å²) in [5, 5.41) is 2.90. The van der Waals surface area contributed by atoms with Crippen LogP contribution in [0.15, 0.2) is 40.1 Å². The molecule has 108 valence electrons. The Morgan fingerprint density at radius 1 is 1.35 bits per heavy atom. The second-order valence-electron chi connectivity index (χ2n) is 4.13. The Morgan fingerprint density at radius 2 is 2.05 bits per heavy atom. The average molecular weight is 296 g/mol. The Balaban J connectivity index is 2.13. The monoisotopic (exact) mass is 296 g/mol. The SMILES string of the molecule is CCNc1ncc(S(=O)(=O)NC(C)c2ccco2)cn1. The van der Waals surface area contributed by atoms with E-state index in [0.29, 0.717) is 18.3 Å². The van der Waals surface area contributed by atoms with Crippen LogP contribution >= 0.6 is 0 Å². The zero-order valence-corrected chi connectivity index (χ0v) is 12.0. The summed E-state index contributed by atoms with van der Waals surface area (Å²) in [6.07, 6.45) is 4.03. The molecule has 1 unspecified atom stereocenters. The summed E-state index contributed by atoms with van der Waals surface area (Å²) < 4.78 is 32.0. The van der Waals surface area contributed by atoms with Crippen molar-refractivity contribution in [1.29, 1.82) is 0 Å². The van der Waals surface area contributed by atoms with E-state index in [-0.39, 0.29) is 4.90 Å². The third-order valence-corrected chi connectivity index (χ3v) is 4.07. The van der Waals surface area contributed by atoms with Crippen LogP contribution in [0.3, 0.4) is 0 Å². The van der Waals surface area contributed by atoms with Crippen molar-refractivity contribution in [1.82, 2.24) is 14.7 Å². The van der Waals surface area contributed by atoms with Crippen molar-refractivity contribution in [2.24, 2.45) is 0 Å². The van der Waals surface area contributed by atoms with Crippen LogP contribution in [0.25, 0.3) is 0 Å². The van der Waals surface area contributed by atoms with Crippen molar-refractivity contribution in [2.75, 3.05) is 11.9 Å². The van der Waals surface area contributed by atoms with Crippen molar-refractivity contribution in [3.63, 3.8) is 0 Å². The van der Waals surface area contributed by atoms with E-state index in [2.05, 4.69) is 20.0 Å². The van der Waals surface area contributed by atoms with Gasteiger partial charge in [-0.05, 0) is 26.0 Å². The molecule has 2 heterocycles. The zero-order chi connectivity index (χ0) is 14.6. The van der Waals surface area contributed by atoms with Gasteiger partial charge in [0.1, 0.15) is 10.7 Å². The highest BCUT2D eigenvalue weighted by atomic mass is 32.2. The fourth-order valence-electron chi connectivity index (χ4n) is 1.60. The molecule has 0 spiro atoms. The highest BCUT2D eigenvalue weighted by Crippen LogP contribution is 2.16. The molecule has 2 N–H and O–H groups in total. The molecular formula is C12H16N4O3S. The second kappa shape index (κ2) is 6.02. The quantitative estimate of drug-likeness (QED) is 0.839. The largest absolute Gasteiger partial charge is 0.468 e. The topological polar surface area (TPSA) is 97.1 Å². The Kier molecular flexibility index (Phi) is 4.35. The van der Waals surface area contributed by atoms with Gasteiger partial charge in [0.2, 0.25) is 16.0 Å². The molecule has 0 fully saturated rings. The van der Waals surface area contributed by atoms with Gasteiger partial charge < -0.3 is 9.73 Å². The molecule has 20 heavy (non-hydrogen) atoms.